The van der Waals surface area contributed by atoms with Crippen LogP contribution in [0, 0.1) is 0 Å². The van der Waals surface area contributed by atoms with E-state index in [0.717, 1.165) is 12.1 Å². The summed E-state index contributed by atoms with van der Waals surface area (Å²) >= 11 is 12.0. The Kier molecular flexibility index (Phi) is 5.63. The first-order valence-electron chi connectivity index (χ1n) is 6.99. The Morgan fingerprint density at radius 2 is 2.05 bits per heavy atom. The van der Waals surface area contributed by atoms with Crippen molar-refractivity contribution in [3.05, 3.63) is 52.3 Å². The van der Waals surface area contributed by atoms with Gasteiger partial charge in [0.05, 0.1) is 27.6 Å². The molecule has 2 rings (SSSR count). The van der Waals surface area contributed by atoms with Gasteiger partial charge in [0.25, 0.3) is 5.91 Å². The number of carbonyl (C=O) groups is 1. The summed E-state index contributed by atoms with van der Waals surface area (Å²) in [6.07, 6.45) is 2.65. The molecule has 116 valence electrons. The normalized spacial score (nSPS) is 11.8. The fourth-order valence-electron chi connectivity index (χ4n) is 1.79. The minimum Gasteiger partial charge on any atom is -0.381 e. The number of nitrogens with zero attached hydrogens (tertiary/aromatic N) is 1. The fourth-order valence-corrected chi connectivity index (χ4v) is 2.13. The Labute approximate surface area is 139 Å². The Hall–Kier alpha value is -1.78. The molecule has 0 spiro atoms. The maximum Gasteiger partial charge on any atom is 0.274 e. The van der Waals surface area contributed by atoms with E-state index in [1.54, 1.807) is 30.5 Å². The van der Waals surface area contributed by atoms with E-state index in [1.807, 2.05) is 6.07 Å². The van der Waals surface area contributed by atoms with Gasteiger partial charge < -0.3 is 10.6 Å². The summed E-state index contributed by atoms with van der Waals surface area (Å²) in [5, 5.41) is 6.69. The van der Waals surface area contributed by atoms with E-state index in [9.17, 15) is 4.79 Å². The quantitative estimate of drug-likeness (QED) is 0.819. The number of amides is 1. The molecular weight excluding hydrogens is 321 g/mol. The molecule has 0 bridgehead atoms. The number of pyridine rings is 1. The molecule has 6 heteroatoms. The van der Waals surface area contributed by atoms with Gasteiger partial charge in [0.15, 0.2) is 0 Å². The molecule has 0 saturated heterocycles. The zero-order valence-corrected chi connectivity index (χ0v) is 13.9. The van der Waals surface area contributed by atoms with Crippen molar-refractivity contribution in [2.75, 3.05) is 10.6 Å². The van der Waals surface area contributed by atoms with Crippen LogP contribution in [-0.4, -0.2) is 16.9 Å². The third-order valence-corrected chi connectivity index (χ3v) is 4.04. The minimum absolute atomic E-state index is 0.311. The topological polar surface area (TPSA) is 54.0 Å². The van der Waals surface area contributed by atoms with E-state index in [1.165, 1.54) is 0 Å². The van der Waals surface area contributed by atoms with Gasteiger partial charge in [-0.05, 0) is 37.6 Å². The van der Waals surface area contributed by atoms with Crippen molar-refractivity contribution in [3.8, 4) is 0 Å². The van der Waals surface area contributed by atoms with E-state index in [0.29, 0.717) is 27.5 Å². The third kappa shape index (κ3) is 4.12. The fraction of sp³-hybridized carbons (Fsp3) is 0.250. The molecular formula is C16H17Cl2N3O. The molecule has 1 aromatic carbocycles. The van der Waals surface area contributed by atoms with Crippen molar-refractivity contribution in [1.82, 2.24) is 4.98 Å². The van der Waals surface area contributed by atoms with Crippen molar-refractivity contribution in [3.63, 3.8) is 0 Å². The smallest absolute Gasteiger partial charge is 0.274 e. The number of halogens is 2. The number of hydrogen-bond donors (Lipinski definition) is 2. The van der Waals surface area contributed by atoms with Crippen LogP contribution in [0.25, 0.3) is 0 Å². The van der Waals surface area contributed by atoms with Crippen LogP contribution in [0.5, 0.6) is 0 Å². The van der Waals surface area contributed by atoms with Crippen LogP contribution in [0.1, 0.15) is 30.8 Å². The molecule has 22 heavy (non-hydrogen) atoms. The Bertz CT molecular complexity index is 659. The number of benzene rings is 1. The Morgan fingerprint density at radius 3 is 2.68 bits per heavy atom. The van der Waals surface area contributed by atoms with Gasteiger partial charge in [-0.2, -0.15) is 0 Å². The highest BCUT2D eigenvalue weighted by atomic mass is 35.5. The lowest BCUT2D eigenvalue weighted by Crippen LogP contribution is -2.16. The van der Waals surface area contributed by atoms with Crippen LogP contribution in [0.15, 0.2) is 36.5 Å². The molecule has 1 unspecified atom stereocenters. The first-order valence-corrected chi connectivity index (χ1v) is 7.74. The first kappa shape index (κ1) is 16.6. The molecule has 1 atom stereocenters. The largest absolute Gasteiger partial charge is 0.381 e. The van der Waals surface area contributed by atoms with Crippen molar-refractivity contribution in [2.24, 2.45) is 0 Å². The van der Waals surface area contributed by atoms with E-state index >= 15 is 0 Å². The van der Waals surface area contributed by atoms with Crippen molar-refractivity contribution in [1.29, 1.82) is 0 Å². The average Bonchev–Trinajstić information content (AvgIpc) is 2.52. The number of hydrogen-bond acceptors (Lipinski definition) is 3. The van der Waals surface area contributed by atoms with Gasteiger partial charge in [-0.1, -0.05) is 36.2 Å². The zero-order chi connectivity index (χ0) is 16.1. The molecule has 1 heterocycles. The second kappa shape index (κ2) is 7.47. The summed E-state index contributed by atoms with van der Waals surface area (Å²) in [6.45, 7) is 4.18. The van der Waals surface area contributed by atoms with Crippen molar-refractivity contribution >= 4 is 40.5 Å². The maximum atomic E-state index is 12.2. The first-order chi connectivity index (χ1) is 10.5. The molecule has 1 amide bonds. The van der Waals surface area contributed by atoms with Gasteiger partial charge in [-0.3, -0.25) is 4.79 Å². The highest BCUT2D eigenvalue weighted by Crippen LogP contribution is 2.29. The van der Waals surface area contributed by atoms with Gasteiger partial charge in [0, 0.05) is 6.04 Å². The molecule has 4 nitrogen and oxygen atoms in total. The van der Waals surface area contributed by atoms with Gasteiger partial charge in [-0.25, -0.2) is 4.98 Å². The Morgan fingerprint density at radius 1 is 1.27 bits per heavy atom. The maximum absolute atomic E-state index is 12.2. The van der Waals surface area contributed by atoms with Crippen LogP contribution >= 0.6 is 23.2 Å². The Balaban J connectivity index is 2.08. The van der Waals surface area contributed by atoms with Crippen LogP contribution < -0.4 is 10.6 Å². The zero-order valence-electron chi connectivity index (χ0n) is 12.4. The van der Waals surface area contributed by atoms with E-state index in [2.05, 4.69) is 29.5 Å². The molecule has 0 aliphatic carbocycles. The van der Waals surface area contributed by atoms with E-state index in [-0.39, 0.29) is 5.91 Å². The van der Waals surface area contributed by atoms with Gasteiger partial charge in [0.1, 0.15) is 5.69 Å². The number of nitrogens with one attached hydrogen (secondary N) is 2. The lowest BCUT2D eigenvalue weighted by atomic mass is 10.2. The standard InChI is InChI=1S/C16H17Cl2N3O/c1-3-10(2)20-11-7-8-14(19-9-11)16(22)21-13-6-4-5-12(17)15(13)18/h4-10,20H,3H2,1-2H3,(H,21,22). The van der Waals surface area contributed by atoms with Crippen LogP contribution in [0.3, 0.4) is 0 Å². The summed E-state index contributed by atoms with van der Waals surface area (Å²) < 4.78 is 0. The van der Waals surface area contributed by atoms with Gasteiger partial charge >= 0.3 is 0 Å². The van der Waals surface area contributed by atoms with Crippen molar-refractivity contribution in [2.45, 2.75) is 26.3 Å². The number of carbonyl (C=O) groups excluding carboxylic acids is 1. The molecule has 1 aromatic heterocycles. The predicted octanol–water partition coefficient (Wildman–Crippen LogP) is 4.85. The number of aromatic nitrogens is 1. The summed E-state index contributed by atoms with van der Waals surface area (Å²) in [5.74, 6) is -0.334. The minimum atomic E-state index is -0.334. The summed E-state index contributed by atoms with van der Waals surface area (Å²) in [5.41, 5.74) is 1.65. The molecule has 0 fully saturated rings. The summed E-state index contributed by atoms with van der Waals surface area (Å²) in [7, 11) is 0. The lowest BCUT2D eigenvalue weighted by Gasteiger charge is -2.13. The lowest BCUT2D eigenvalue weighted by molar-refractivity contribution is 0.102. The molecule has 0 saturated carbocycles. The van der Waals surface area contributed by atoms with Gasteiger partial charge in [-0.15, -0.1) is 0 Å². The number of rotatable bonds is 5. The molecule has 2 aromatic rings. The highest BCUT2D eigenvalue weighted by Gasteiger charge is 2.11. The van der Waals surface area contributed by atoms with Gasteiger partial charge in [0.2, 0.25) is 0 Å². The third-order valence-electron chi connectivity index (χ3n) is 3.22. The summed E-state index contributed by atoms with van der Waals surface area (Å²) in [4.78, 5) is 16.3. The molecule has 0 aliphatic heterocycles. The molecule has 0 radical (unpaired) electrons. The second-order valence-corrected chi connectivity index (χ2v) is 5.73. The molecule has 0 aliphatic rings. The summed E-state index contributed by atoms with van der Waals surface area (Å²) in [6, 6.07) is 8.91. The second-order valence-electron chi connectivity index (χ2n) is 4.94. The number of anilines is 2. The highest BCUT2D eigenvalue weighted by molar-refractivity contribution is 6.44. The SMILES string of the molecule is CCC(C)Nc1ccc(C(=O)Nc2cccc(Cl)c2Cl)nc1. The van der Waals surface area contributed by atoms with Crippen molar-refractivity contribution < 1.29 is 4.79 Å². The predicted molar refractivity (Wildman–Crippen MR) is 92.0 cm³/mol. The molecule has 2 N–H and O–H groups in total. The van der Waals surface area contributed by atoms with Crippen LogP contribution in [-0.2, 0) is 0 Å². The van der Waals surface area contributed by atoms with E-state index < -0.39 is 0 Å². The monoisotopic (exact) mass is 337 g/mol. The van der Waals surface area contributed by atoms with Crippen LogP contribution in [0.2, 0.25) is 10.0 Å². The van der Waals surface area contributed by atoms with Crippen LogP contribution in [0.4, 0.5) is 11.4 Å². The average molecular weight is 338 g/mol. The van der Waals surface area contributed by atoms with E-state index in [4.69, 9.17) is 23.2 Å².